The number of hydrogen-bond acceptors (Lipinski definition) is 8. The fraction of sp³-hybridized carbons (Fsp3) is 0.258. The van der Waals surface area contributed by atoms with Crippen molar-refractivity contribution >= 4 is 39.8 Å². The van der Waals surface area contributed by atoms with E-state index in [0.29, 0.717) is 50.6 Å². The number of aromatic nitrogens is 1. The first-order chi connectivity index (χ1) is 20.2. The van der Waals surface area contributed by atoms with E-state index in [9.17, 15) is 19.7 Å². The maximum absolute atomic E-state index is 14.2. The van der Waals surface area contributed by atoms with Crippen LogP contribution in [0.1, 0.15) is 37.9 Å². The van der Waals surface area contributed by atoms with E-state index in [1.165, 1.54) is 19.2 Å². The highest BCUT2D eigenvalue weighted by Crippen LogP contribution is 2.40. The number of likely N-dealkylation sites (N-methyl/N-ethyl adjacent to an activating group) is 1. The standard InChI is InChI=1S/C31H30N4O6S/c1-6-33(7-2)30(37)26-18(3)32-31-34(28(26)27-21-11-9-8-10-20(21)13-15-24(27)41-5)29(36)25(42-31)17-19-12-14-23(40-4)22(16-19)35(38)39/h8-17,28H,6-7H2,1-5H3/b25-17+/t28-/m1/s1. The number of methoxy groups -OCH3 is 2. The number of carbonyl (C=O) groups excluding carboxylic acids is 1. The second-order valence-electron chi connectivity index (χ2n) is 9.65. The lowest BCUT2D eigenvalue weighted by Gasteiger charge is -2.30. The predicted octanol–water partition coefficient (Wildman–Crippen LogP) is 4.18. The number of ether oxygens (including phenoxy) is 2. The number of hydrogen-bond donors (Lipinski definition) is 0. The number of allylic oxidation sites excluding steroid dienone is 1. The second-order valence-corrected chi connectivity index (χ2v) is 10.7. The Morgan fingerprint density at radius 3 is 2.45 bits per heavy atom. The van der Waals surface area contributed by atoms with Gasteiger partial charge < -0.3 is 14.4 Å². The van der Waals surface area contributed by atoms with Gasteiger partial charge in [0.1, 0.15) is 11.8 Å². The van der Waals surface area contributed by atoms with Crippen LogP contribution < -0.4 is 24.4 Å². The molecule has 0 saturated carbocycles. The first-order valence-electron chi connectivity index (χ1n) is 13.4. The van der Waals surface area contributed by atoms with Crippen molar-refractivity contribution in [3.8, 4) is 11.5 Å². The minimum Gasteiger partial charge on any atom is -0.496 e. The van der Waals surface area contributed by atoms with Gasteiger partial charge in [-0.15, -0.1) is 0 Å². The summed E-state index contributed by atoms with van der Waals surface area (Å²) in [5.74, 6) is 0.455. The number of carbonyl (C=O) groups is 1. The molecule has 0 spiro atoms. The molecular weight excluding hydrogens is 556 g/mol. The Balaban J connectivity index is 1.83. The molecule has 0 N–H and O–H groups in total. The van der Waals surface area contributed by atoms with E-state index < -0.39 is 11.0 Å². The molecule has 10 nitrogen and oxygen atoms in total. The molecule has 0 aliphatic carbocycles. The average molecular weight is 587 g/mol. The molecule has 5 rings (SSSR count). The van der Waals surface area contributed by atoms with Crippen molar-refractivity contribution in [2.24, 2.45) is 4.99 Å². The molecule has 3 aromatic carbocycles. The number of nitrogens with zero attached hydrogens (tertiary/aromatic N) is 4. The molecule has 4 aromatic rings. The van der Waals surface area contributed by atoms with Gasteiger partial charge in [0.25, 0.3) is 11.5 Å². The van der Waals surface area contributed by atoms with Crippen molar-refractivity contribution in [3.63, 3.8) is 0 Å². The number of fused-ring (bicyclic) bond motifs is 2. The molecule has 216 valence electrons. The molecule has 2 heterocycles. The van der Waals surface area contributed by atoms with Gasteiger partial charge in [-0.25, -0.2) is 4.99 Å². The van der Waals surface area contributed by atoms with Gasteiger partial charge in [0.2, 0.25) is 0 Å². The first-order valence-corrected chi connectivity index (χ1v) is 14.3. The Bertz CT molecular complexity index is 1940. The minimum absolute atomic E-state index is 0.122. The van der Waals surface area contributed by atoms with Gasteiger partial charge in [0.15, 0.2) is 10.6 Å². The molecule has 0 radical (unpaired) electrons. The van der Waals surface area contributed by atoms with E-state index in [1.807, 2.05) is 50.2 Å². The molecular formula is C31H30N4O6S. The van der Waals surface area contributed by atoms with Crippen molar-refractivity contribution in [1.29, 1.82) is 0 Å². The first kappa shape index (κ1) is 28.7. The summed E-state index contributed by atoms with van der Waals surface area (Å²) in [5, 5.41) is 13.4. The topological polar surface area (TPSA) is 116 Å². The van der Waals surface area contributed by atoms with E-state index in [-0.39, 0.29) is 22.9 Å². The van der Waals surface area contributed by atoms with E-state index in [1.54, 1.807) is 35.6 Å². The Morgan fingerprint density at radius 2 is 1.79 bits per heavy atom. The van der Waals surface area contributed by atoms with E-state index in [4.69, 9.17) is 14.5 Å². The van der Waals surface area contributed by atoms with E-state index >= 15 is 0 Å². The zero-order chi connectivity index (χ0) is 30.1. The van der Waals surface area contributed by atoms with Crippen LogP contribution >= 0.6 is 11.3 Å². The summed E-state index contributed by atoms with van der Waals surface area (Å²) in [6.07, 6.45) is 1.60. The number of nitro benzene ring substituents is 1. The van der Waals surface area contributed by atoms with Crippen LogP contribution in [0.15, 0.2) is 75.7 Å². The summed E-state index contributed by atoms with van der Waals surface area (Å²) < 4.78 is 12.8. The molecule has 1 amide bonds. The predicted molar refractivity (Wildman–Crippen MR) is 162 cm³/mol. The van der Waals surface area contributed by atoms with Crippen LogP contribution in [0.4, 0.5) is 5.69 Å². The van der Waals surface area contributed by atoms with Gasteiger partial charge in [-0.2, -0.15) is 0 Å². The van der Waals surface area contributed by atoms with Gasteiger partial charge in [0.05, 0.1) is 34.9 Å². The number of benzene rings is 3. The normalized spacial score (nSPS) is 14.9. The van der Waals surface area contributed by atoms with Crippen molar-refractivity contribution in [2.45, 2.75) is 26.8 Å². The lowest BCUT2D eigenvalue weighted by molar-refractivity contribution is -0.385. The Labute approximate surface area is 245 Å². The number of thiazole rings is 1. The maximum Gasteiger partial charge on any atom is 0.311 e. The largest absolute Gasteiger partial charge is 0.496 e. The molecule has 0 bridgehead atoms. The van der Waals surface area contributed by atoms with Gasteiger partial charge in [-0.3, -0.25) is 24.3 Å². The van der Waals surface area contributed by atoms with Crippen LogP contribution in [-0.2, 0) is 4.79 Å². The third-order valence-corrected chi connectivity index (χ3v) is 8.41. The Hall–Kier alpha value is -4.77. The summed E-state index contributed by atoms with van der Waals surface area (Å²) >= 11 is 1.16. The molecule has 0 saturated heterocycles. The van der Waals surface area contributed by atoms with E-state index in [2.05, 4.69) is 0 Å². The Morgan fingerprint density at radius 1 is 1.10 bits per heavy atom. The van der Waals surface area contributed by atoms with Gasteiger partial charge in [0, 0.05) is 24.7 Å². The van der Waals surface area contributed by atoms with Crippen molar-refractivity contribution in [3.05, 3.63) is 107 Å². The Kier molecular flexibility index (Phi) is 7.95. The molecule has 1 aliphatic heterocycles. The van der Waals surface area contributed by atoms with Crippen molar-refractivity contribution in [2.75, 3.05) is 27.3 Å². The SMILES string of the molecule is CCN(CC)C(=O)C1=C(C)N=c2s/c(=C/c3ccc(OC)c([N+](=O)[O-])c3)c(=O)n2[C@H]1c1c(OC)ccc2ccccc12. The quantitative estimate of drug-likeness (QED) is 0.226. The molecule has 11 heteroatoms. The minimum atomic E-state index is -0.817. The van der Waals surface area contributed by atoms with Crippen LogP contribution in [0.3, 0.4) is 0 Å². The van der Waals surface area contributed by atoms with Crippen molar-refractivity contribution < 1.29 is 19.2 Å². The van der Waals surface area contributed by atoms with E-state index in [0.717, 1.165) is 22.1 Å². The maximum atomic E-state index is 14.2. The van der Waals surface area contributed by atoms with Gasteiger partial charge in [-0.1, -0.05) is 47.7 Å². The molecule has 1 aliphatic rings. The van der Waals surface area contributed by atoms with Crippen molar-refractivity contribution in [1.82, 2.24) is 9.47 Å². The highest BCUT2D eigenvalue weighted by molar-refractivity contribution is 7.07. The summed E-state index contributed by atoms with van der Waals surface area (Å²) in [4.78, 5) is 46.2. The fourth-order valence-electron chi connectivity index (χ4n) is 5.38. The summed E-state index contributed by atoms with van der Waals surface area (Å²) in [6, 6.07) is 15.3. The van der Waals surface area contributed by atoms with Crippen LogP contribution in [0, 0.1) is 10.1 Å². The molecule has 42 heavy (non-hydrogen) atoms. The smallest absolute Gasteiger partial charge is 0.311 e. The average Bonchev–Trinajstić information content (AvgIpc) is 3.30. The van der Waals surface area contributed by atoms with Gasteiger partial charge >= 0.3 is 5.69 Å². The summed E-state index contributed by atoms with van der Waals surface area (Å²) in [6.45, 7) is 6.59. The molecule has 1 aromatic heterocycles. The number of rotatable bonds is 8. The molecule has 0 fully saturated rings. The number of nitro groups is 1. The fourth-order valence-corrected chi connectivity index (χ4v) is 6.42. The third kappa shape index (κ3) is 4.85. The summed E-state index contributed by atoms with van der Waals surface area (Å²) in [5.41, 5.74) is 1.48. The van der Waals surface area contributed by atoms with Crippen LogP contribution in [0.5, 0.6) is 11.5 Å². The van der Waals surface area contributed by atoms with Crippen LogP contribution in [0.2, 0.25) is 0 Å². The zero-order valence-corrected chi connectivity index (χ0v) is 24.7. The van der Waals surface area contributed by atoms with Gasteiger partial charge in [-0.05, 0) is 55.3 Å². The lowest BCUT2D eigenvalue weighted by Crippen LogP contribution is -2.43. The molecule has 0 unspecified atom stereocenters. The van der Waals surface area contributed by atoms with Crippen LogP contribution in [0.25, 0.3) is 16.8 Å². The molecule has 1 atom stereocenters. The van der Waals surface area contributed by atoms with Crippen LogP contribution in [-0.4, -0.2) is 47.6 Å². The second kappa shape index (κ2) is 11.6. The highest BCUT2D eigenvalue weighted by Gasteiger charge is 2.36. The monoisotopic (exact) mass is 586 g/mol. The third-order valence-electron chi connectivity index (χ3n) is 7.42. The zero-order valence-electron chi connectivity index (χ0n) is 23.9. The summed E-state index contributed by atoms with van der Waals surface area (Å²) in [7, 11) is 2.93. The highest BCUT2D eigenvalue weighted by atomic mass is 32.1. The number of amides is 1. The lowest BCUT2D eigenvalue weighted by atomic mass is 9.90.